The van der Waals surface area contributed by atoms with E-state index >= 15 is 0 Å². The van der Waals surface area contributed by atoms with Gasteiger partial charge in [-0.1, -0.05) is 65.8 Å². The minimum Gasteiger partial charge on any atom is -0.201 e. The zero-order chi connectivity index (χ0) is 21.6. The summed E-state index contributed by atoms with van der Waals surface area (Å²) in [4.78, 5) is 0. The van der Waals surface area contributed by atoms with Crippen molar-refractivity contribution < 1.29 is 4.57 Å². The Balaban J connectivity index is 1.94. The maximum Gasteiger partial charge on any atom is 0.216 e. The molecule has 1 nitrogen and oxygen atoms in total. The molecule has 0 unspecified atom stereocenters. The Kier molecular flexibility index (Phi) is 3.95. The van der Waals surface area contributed by atoms with Gasteiger partial charge in [0.2, 0.25) is 5.69 Å². The van der Waals surface area contributed by atoms with Crippen LogP contribution < -0.4 is 4.57 Å². The van der Waals surface area contributed by atoms with Crippen molar-refractivity contribution in [2.24, 2.45) is 7.05 Å². The molecule has 1 heterocycles. The SMILES string of the molecule is Cc1c2c(cc3c1-c1c(c(C(C)C)cc[n+]1C)C(C)(C)C3(C)C)-c1ccccc1C2. The summed E-state index contributed by atoms with van der Waals surface area (Å²) in [6, 6.07) is 13.9. The average molecular weight is 397 g/mol. The van der Waals surface area contributed by atoms with E-state index in [9.17, 15) is 0 Å². The van der Waals surface area contributed by atoms with Crippen LogP contribution in [0.25, 0.3) is 22.4 Å². The van der Waals surface area contributed by atoms with Crippen molar-refractivity contribution in [2.75, 3.05) is 0 Å². The maximum atomic E-state index is 2.54. The third-order valence-electron chi connectivity index (χ3n) is 8.46. The first-order chi connectivity index (χ1) is 14.1. The zero-order valence-corrected chi connectivity index (χ0v) is 19.8. The van der Waals surface area contributed by atoms with Crippen LogP contribution in [0.15, 0.2) is 42.6 Å². The predicted molar refractivity (Wildman–Crippen MR) is 126 cm³/mol. The van der Waals surface area contributed by atoms with Crippen LogP contribution in [0, 0.1) is 6.92 Å². The molecule has 0 aliphatic heterocycles. The van der Waals surface area contributed by atoms with E-state index in [2.05, 4.69) is 103 Å². The number of pyridine rings is 1. The molecule has 0 bridgehead atoms. The molecule has 2 aromatic carbocycles. The largest absolute Gasteiger partial charge is 0.216 e. The highest BCUT2D eigenvalue weighted by atomic mass is 14.9. The van der Waals surface area contributed by atoms with Gasteiger partial charge in [0, 0.05) is 17.0 Å². The van der Waals surface area contributed by atoms with Gasteiger partial charge in [0.05, 0.1) is 5.56 Å². The van der Waals surface area contributed by atoms with Crippen LogP contribution in [0.3, 0.4) is 0 Å². The van der Waals surface area contributed by atoms with Crippen LogP contribution in [0.2, 0.25) is 0 Å². The number of fused-ring (bicyclic) bond motifs is 6. The first-order valence-corrected chi connectivity index (χ1v) is 11.4. The van der Waals surface area contributed by atoms with E-state index < -0.39 is 0 Å². The summed E-state index contributed by atoms with van der Waals surface area (Å²) in [6.45, 7) is 16.9. The van der Waals surface area contributed by atoms with Crippen LogP contribution in [-0.4, -0.2) is 0 Å². The number of aryl methyl sites for hydroxylation is 1. The second-order valence-electron chi connectivity index (χ2n) is 10.8. The highest BCUT2D eigenvalue weighted by molar-refractivity contribution is 5.86. The van der Waals surface area contributed by atoms with E-state index in [0.717, 1.165) is 6.42 Å². The Morgan fingerprint density at radius 3 is 2.33 bits per heavy atom. The molecule has 0 spiro atoms. The molecule has 0 radical (unpaired) electrons. The van der Waals surface area contributed by atoms with Crippen LogP contribution in [0.1, 0.15) is 80.8 Å². The second-order valence-corrected chi connectivity index (χ2v) is 10.8. The van der Waals surface area contributed by atoms with Gasteiger partial charge in [-0.3, -0.25) is 0 Å². The van der Waals surface area contributed by atoms with Crippen molar-refractivity contribution in [1.82, 2.24) is 0 Å². The first-order valence-electron chi connectivity index (χ1n) is 11.4. The molecule has 0 saturated heterocycles. The lowest BCUT2D eigenvalue weighted by atomic mass is 9.54. The van der Waals surface area contributed by atoms with Gasteiger partial charge in [-0.25, -0.2) is 4.57 Å². The number of aromatic nitrogens is 1. The highest BCUT2D eigenvalue weighted by Gasteiger charge is 2.51. The smallest absolute Gasteiger partial charge is 0.201 e. The van der Waals surface area contributed by atoms with Gasteiger partial charge in [-0.05, 0) is 69.7 Å². The lowest BCUT2D eigenvalue weighted by Crippen LogP contribution is -2.49. The third-order valence-corrected chi connectivity index (χ3v) is 8.46. The summed E-state index contributed by atoms with van der Waals surface area (Å²) < 4.78 is 2.37. The van der Waals surface area contributed by atoms with Crippen molar-refractivity contribution in [3.8, 4) is 22.4 Å². The Bertz CT molecular complexity index is 1210. The quantitative estimate of drug-likeness (QED) is 0.313. The van der Waals surface area contributed by atoms with Gasteiger partial charge in [0.25, 0.3) is 0 Å². The second kappa shape index (κ2) is 6.06. The number of nitrogens with zero attached hydrogens (tertiary/aromatic N) is 1. The summed E-state index contributed by atoms with van der Waals surface area (Å²) in [6.07, 6.45) is 3.32. The molecule has 1 heteroatoms. The van der Waals surface area contributed by atoms with Gasteiger partial charge in [-0.15, -0.1) is 0 Å². The fourth-order valence-electron chi connectivity index (χ4n) is 6.00. The Hall–Kier alpha value is -2.41. The van der Waals surface area contributed by atoms with Crippen molar-refractivity contribution in [3.63, 3.8) is 0 Å². The normalized spacial score (nSPS) is 17.4. The molecule has 0 N–H and O–H groups in total. The molecule has 2 aliphatic rings. The van der Waals surface area contributed by atoms with Gasteiger partial charge in [0.1, 0.15) is 7.05 Å². The Morgan fingerprint density at radius 1 is 0.933 bits per heavy atom. The van der Waals surface area contributed by atoms with Crippen molar-refractivity contribution in [2.45, 2.75) is 71.6 Å². The molecule has 0 amide bonds. The fourth-order valence-corrected chi connectivity index (χ4v) is 6.00. The Morgan fingerprint density at radius 2 is 1.63 bits per heavy atom. The van der Waals surface area contributed by atoms with E-state index in [4.69, 9.17) is 0 Å². The predicted octanol–water partition coefficient (Wildman–Crippen LogP) is 6.75. The van der Waals surface area contributed by atoms with Crippen molar-refractivity contribution in [1.29, 1.82) is 0 Å². The molecule has 154 valence electrons. The van der Waals surface area contributed by atoms with Crippen LogP contribution in [0.4, 0.5) is 0 Å². The highest BCUT2D eigenvalue weighted by Crippen LogP contribution is 2.57. The lowest BCUT2D eigenvalue weighted by Gasteiger charge is -2.48. The van der Waals surface area contributed by atoms with E-state index in [1.165, 1.54) is 50.2 Å². The number of hydrogen-bond donors (Lipinski definition) is 0. The molecule has 30 heavy (non-hydrogen) atoms. The van der Waals surface area contributed by atoms with Crippen molar-refractivity contribution >= 4 is 0 Å². The monoisotopic (exact) mass is 396 g/mol. The van der Waals surface area contributed by atoms with Crippen molar-refractivity contribution in [3.05, 3.63) is 76.0 Å². The van der Waals surface area contributed by atoms with Gasteiger partial charge < -0.3 is 0 Å². The molecule has 1 aromatic heterocycles. The summed E-state index contributed by atoms with van der Waals surface area (Å²) in [5.41, 5.74) is 14.9. The topological polar surface area (TPSA) is 3.88 Å². The zero-order valence-electron chi connectivity index (χ0n) is 19.8. The van der Waals surface area contributed by atoms with Gasteiger partial charge >= 0.3 is 0 Å². The molecule has 5 rings (SSSR count). The number of rotatable bonds is 1. The molecular formula is C29H34N+. The summed E-state index contributed by atoms with van der Waals surface area (Å²) in [5, 5.41) is 0. The van der Waals surface area contributed by atoms with Gasteiger partial charge in [0.15, 0.2) is 6.20 Å². The summed E-state index contributed by atoms with van der Waals surface area (Å²) in [7, 11) is 2.22. The first kappa shape index (κ1) is 19.5. The molecule has 0 saturated carbocycles. The maximum absolute atomic E-state index is 2.54. The minimum absolute atomic E-state index is 0.0324. The van der Waals surface area contributed by atoms with E-state index in [-0.39, 0.29) is 10.8 Å². The van der Waals surface area contributed by atoms with Crippen LogP contribution in [-0.2, 0) is 24.3 Å². The van der Waals surface area contributed by atoms with E-state index in [1.807, 2.05) is 0 Å². The molecule has 0 atom stereocenters. The van der Waals surface area contributed by atoms with E-state index in [0.29, 0.717) is 5.92 Å². The minimum atomic E-state index is 0.0324. The molecule has 0 fully saturated rings. The summed E-state index contributed by atoms with van der Waals surface area (Å²) in [5.74, 6) is 0.510. The Labute approximate surface area is 181 Å². The number of benzene rings is 2. The van der Waals surface area contributed by atoms with Crippen LogP contribution in [0.5, 0.6) is 0 Å². The molecule has 2 aliphatic carbocycles. The standard InChI is InChI=1S/C29H34N/c1-17(2)20-13-14-30(8)27-25-18(3)22-15-19-11-9-10-12-21(19)23(22)16-24(25)28(4,5)29(6,7)26(20)27/h9-14,16-17H,15H2,1-8H3/q+1. The molecule has 3 aromatic rings. The van der Waals surface area contributed by atoms with Gasteiger partial charge in [-0.2, -0.15) is 0 Å². The van der Waals surface area contributed by atoms with Crippen LogP contribution >= 0.6 is 0 Å². The summed E-state index contributed by atoms with van der Waals surface area (Å²) >= 11 is 0. The lowest BCUT2D eigenvalue weighted by molar-refractivity contribution is -0.661. The average Bonchev–Trinajstić information content (AvgIpc) is 3.06. The van der Waals surface area contributed by atoms with E-state index in [1.54, 1.807) is 5.56 Å². The fraction of sp³-hybridized carbons (Fsp3) is 0.414. The number of hydrogen-bond acceptors (Lipinski definition) is 0. The third kappa shape index (κ3) is 2.27. The molecular weight excluding hydrogens is 362 g/mol.